The van der Waals surface area contributed by atoms with Gasteiger partial charge in [-0.15, -0.1) is 0 Å². The molecule has 0 aromatic rings. The monoisotopic (exact) mass is 240 g/mol. The lowest BCUT2D eigenvalue weighted by atomic mass is 10.1. The largest absolute Gasteiger partial charge is 0.390 e. The van der Waals surface area contributed by atoms with Crippen LogP contribution in [0.15, 0.2) is 5.10 Å². The first-order valence-electron chi connectivity index (χ1n) is 5.61. The maximum absolute atomic E-state index is 12.0. The van der Waals surface area contributed by atoms with Crippen LogP contribution >= 0.6 is 0 Å². The van der Waals surface area contributed by atoms with Crippen LogP contribution in [0, 0.1) is 0 Å². The number of carbonyl (C=O) groups excluding carboxylic acids is 2. The van der Waals surface area contributed by atoms with Crippen LogP contribution in [0.1, 0.15) is 12.8 Å². The summed E-state index contributed by atoms with van der Waals surface area (Å²) in [6, 6.07) is -0.233. The third-order valence-corrected chi connectivity index (χ3v) is 3.12. The van der Waals surface area contributed by atoms with Gasteiger partial charge in [-0.25, -0.2) is 5.43 Å². The SMILES string of the molecule is CN(C(=O)C1=NNC(=O)CC1)[C@@H]1CNC[C@H]1O. The summed E-state index contributed by atoms with van der Waals surface area (Å²) in [5.74, 6) is -0.412. The maximum atomic E-state index is 12.0. The van der Waals surface area contributed by atoms with Gasteiger partial charge in [0, 0.05) is 33.0 Å². The number of nitrogens with one attached hydrogen (secondary N) is 2. The van der Waals surface area contributed by atoms with E-state index in [0.29, 0.717) is 25.2 Å². The highest BCUT2D eigenvalue weighted by atomic mass is 16.3. The Labute approximate surface area is 98.9 Å². The maximum Gasteiger partial charge on any atom is 0.270 e. The quantitative estimate of drug-likeness (QED) is 0.522. The number of rotatable bonds is 2. The van der Waals surface area contributed by atoms with Crippen LogP contribution in [0.3, 0.4) is 0 Å². The summed E-state index contributed by atoms with van der Waals surface area (Å²) in [6.07, 6.45) is 0.0810. The lowest BCUT2D eigenvalue weighted by Crippen LogP contribution is -2.48. The summed E-state index contributed by atoms with van der Waals surface area (Å²) in [7, 11) is 1.64. The van der Waals surface area contributed by atoms with Gasteiger partial charge in [-0.05, 0) is 0 Å². The Balaban J connectivity index is 2.02. The van der Waals surface area contributed by atoms with E-state index < -0.39 is 6.10 Å². The molecule has 2 amide bonds. The zero-order valence-electron chi connectivity index (χ0n) is 9.64. The van der Waals surface area contributed by atoms with E-state index in [0.717, 1.165) is 0 Å². The Morgan fingerprint density at radius 2 is 2.24 bits per heavy atom. The van der Waals surface area contributed by atoms with E-state index >= 15 is 0 Å². The number of nitrogens with zero attached hydrogens (tertiary/aromatic N) is 2. The second-order valence-electron chi connectivity index (χ2n) is 4.30. The highest BCUT2D eigenvalue weighted by molar-refractivity contribution is 6.39. The molecule has 2 aliphatic rings. The molecule has 0 saturated carbocycles. The van der Waals surface area contributed by atoms with Crippen LogP contribution in [-0.4, -0.2) is 59.8 Å². The molecule has 7 nitrogen and oxygen atoms in total. The summed E-state index contributed by atoms with van der Waals surface area (Å²) >= 11 is 0. The number of aliphatic hydroxyl groups is 1. The first kappa shape index (κ1) is 12.0. The van der Waals surface area contributed by atoms with Crippen molar-refractivity contribution in [2.45, 2.75) is 25.0 Å². The number of hydrogen-bond acceptors (Lipinski definition) is 5. The Kier molecular flexibility index (Phi) is 3.39. The molecule has 0 aromatic heterocycles. The lowest BCUT2D eigenvalue weighted by molar-refractivity contribution is -0.126. The lowest BCUT2D eigenvalue weighted by Gasteiger charge is -2.27. The Morgan fingerprint density at radius 1 is 1.47 bits per heavy atom. The fourth-order valence-corrected chi connectivity index (χ4v) is 2.03. The van der Waals surface area contributed by atoms with Crippen LogP contribution in [0.5, 0.6) is 0 Å². The number of hydrogen-bond donors (Lipinski definition) is 3. The zero-order chi connectivity index (χ0) is 12.4. The van der Waals surface area contributed by atoms with Gasteiger partial charge in [0.2, 0.25) is 5.91 Å². The second-order valence-corrected chi connectivity index (χ2v) is 4.30. The summed E-state index contributed by atoms with van der Waals surface area (Å²) in [5.41, 5.74) is 2.63. The molecule has 17 heavy (non-hydrogen) atoms. The number of amides is 2. The van der Waals surface area contributed by atoms with Crippen molar-refractivity contribution in [2.75, 3.05) is 20.1 Å². The topological polar surface area (TPSA) is 94.0 Å². The van der Waals surface area contributed by atoms with Gasteiger partial charge in [0.25, 0.3) is 5.91 Å². The first-order valence-corrected chi connectivity index (χ1v) is 5.61. The number of hydrazone groups is 1. The van der Waals surface area contributed by atoms with E-state index in [-0.39, 0.29) is 24.3 Å². The molecule has 0 radical (unpaired) electrons. The summed E-state index contributed by atoms with van der Waals surface area (Å²) < 4.78 is 0. The van der Waals surface area contributed by atoms with Gasteiger partial charge < -0.3 is 15.3 Å². The van der Waals surface area contributed by atoms with Gasteiger partial charge in [-0.2, -0.15) is 5.10 Å². The summed E-state index contributed by atoms with van der Waals surface area (Å²) in [4.78, 5) is 24.4. The third-order valence-electron chi connectivity index (χ3n) is 3.12. The van der Waals surface area contributed by atoms with Crippen molar-refractivity contribution in [1.29, 1.82) is 0 Å². The molecule has 2 rings (SSSR count). The predicted molar refractivity (Wildman–Crippen MR) is 60.2 cm³/mol. The average molecular weight is 240 g/mol. The van der Waals surface area contributed by atoms with E-state index in [4.69, 9.17) is 0 Å². The van der Waals surface area contributed by atoms with Crippen molar-refractivity contribution >= 4 is 17.5 Å². The van der Waals surface area contributed by atoms with Gasteiger partial charge >= 0.3 is 0 Å². The molecule has 2 atom stereocenters. The van der Waals surface area contributed by atoms with Gasteiger partial charge in [-0.1, -0.05) is 0 Å². The van der Waals surface area contributed by atoms with Crippen molar-refractivity contribution < 1.29 is 14.7 Å². The molecule has 1 saturated heterocycles. The van der Waals surface area contributed by atoms with E-state index in [1.807, 2.05) is 0 Å². The van der Waals surface area contributed by atoms with Gasteiger partial charge in [0.05, 0.1) is 12.1 Å². The number of carbonyl (C=O) groups is 2. The molecule has 3 N–H and O–H groups in total. The fraction of sp³-hybridized carbons (Fsp3) is 0.700. The number of aliphatic hydroxyl groups excluding tert-OH is 1. The molecule has 0 aromatic carbocycles. The van der Waals surface area contributed by atoms with Gasteiger partial charge in [-0.3, -0.25) is 9.59 Å². The standard InChI is InChI=1S/C10H16N4O3/c1-14(7-4-11-5-8(7)15)10(17)6-2-3-9(16)13-12-6/h7-8,11,15H,2-5H2,1H3,(H,13,16)/t7-,8-/m1/s1. The third kappa shape index (κ3) is 2.45. The second kappa shape index (κ2) is 4.80. The highest BCUT2D eigenvalue weighted by Gasteiger charge is 2.33. The molecule has 0 aliphatic carbocycles. The first-order chi connectivity index (χ1) is 8.09. The molecule has 7 heteroatoms. The molecular formula is C10H16N4O3. The van der Waals surface area contributed by atoms with Crippen LogP contribution in [0.25, 0.3) is 0 Å². The Morgan fingerprint density at radius 3 is 2.76 bits per heavy atom. The van der Waals surface area contributed by atoms with E-state index in [2.05, 4.69) is 15.8 Å². The van der Waals surface area contributed by atoms with Crippen LogP contribution in [0.2, 0.25) is 0 Å². The van der Waals surface area contributed by atoms with Crippen molar-refractivity contribution in [2.24, 2.45) is 5.10 Å². The minimum atomic E-state index is -0.553. The Hall–Kier alpha value is -1.47. The number of β-amino-alcohol motifs (C(OH)–C–C–N with tert-alkyl or cyclic N) is 1. The Bertz CT molecular complexity index is 369. The summed E-state index contributed by atoms with van der Waals surface area (Å²) in [6.45, 7) is 1.06. The average Bonchev–Trinajstić information content (AvgIpc) is 2.74. The van der Waals surface area contributed by atoms with Crippen molar-refractivity contribution in [3.8, 4) is 0 Å². The zero-order valence-corrected chi connectivity index (χ0v) is 9.64. The predicted octanol–water partition coefficient (Wildman–Crippen LogP) is -1.96. The van der Waals surface area contributed by atoms with Gasteiger partial charge in [0.15, 0.2) is 0 Å². The molecule has 0 bridgehead atoms. The van der Waals surface area contributed by atoms with E-state index in [1.54, 1.807) is 7.05 Å². The molecule has 0 spiro atoms. The minimum Gasteiger partial charge on any atom is -0.390 e. The smallest absolute Gasteiger partial charge is 0.270 e. The van der Waals surface area contributed by atoms with E-state index in [9.17, 15) is 14.7 Å². The number of likely N-dealkylation sites (N-methyl/N-ethyl adjacent to an activating group) is 1. The van der Waals surface area contributed by atoms with Crippen LogP contribution < -0.4 is 10.7 Å². The molecular weight excluding hydrogens is 224 g/mol. The molecule has 2 aliphatic heterocycles. The molecule has 1 fully saturated rings. The molecule has 94 valence electrons. The summed E-state index contributed by atoms with van der Waals surface area (Å²) in [5, 5.41) is 16.4. The molecule has 0 unspecified atom stereocenters. The fourth-order valence-electron chi connectivity index (χ4n) is 2.03. The normalized spacial score (nSPS) is 28.6. The van der Waals surface area contributed by atoms with E-state index in [1.165, 1.54) is 4.90 Å². The van der Waals surface area contributed by atoms with Gasteiger partial charge in [0.1, 0.15) is 5.71 Å². The van der Waals surface area contributed by atoms with Crippen molar-refractivity contribution in [3.05, 3.63) is 0 Å². The molecule has 2 heterocycles. The minimum absolute atomic E-state index is 0.174. The van der Waals surface area contributed by atoms with Crippen molar-refractivity contribution in [1.82, 2.24) is 15.6 Å². The van der Waals surface area contributed by atoms with Crippen molar-refractivity contribution in [3.63, 3.8) is 0 Å². The van der Waals surface area contributed by atoms with Crippen LogP contribution in [-0.2, 0) is 9.59 Å². The highest BCUT2D eigenvalue weighted by Crippen LogP contribution is 2.10. The van der Waals surface area contributed by atoms with Crippen LogP contribution in [0.4, 0.5) is 0 Å².